The van der Waals surface area contributed by atoms with E-state index in [-0.39, 0.29) is 5.21 Å². The minimum absolute atomic E-state index is 0.119. The monoisotopic (exact) mass is 425 g/mol. The fourth-order valence-corrected chi connectivity index (χ4v) is 4.75. The van der Waals surface area contributed by atoms with Gasteiger partial charge in [0.15, 0.2) is 0 Å². The first-order valence-corrected chi connectivity index (χ1v) is 11.7. The molecule has 4 heteroatoms. The van der Waals surface area contributed by atoms with Crippen molar-refractivity contribution >= 4 is 59.2 Å². The molecule has 6 aromatic rings. The number of pyridine rings is 1. The number of nitrogens with zero attached hydrogens (tertiary/aromatic N) is 1. The van der Waals surface area contributed by atoms with Crippen LogP contribution in [0.1, 0.15) is 19.4 Å². The first-order valence-electron chi connectivity index (χ1n) is 11.7. The molecule has 0 atom stereocenters. The fourth-order valence-electron chi connectivity index (χ4n) is 4.75. The van der Waals surface area contributed by atoms with Crippen LogP contribution in [-0.2, 0) is 5.21 Å². The zero-order chi connectivity index (χ0) is 22.7. The Bertz CT molecular complexity index is 1680. The molecule has 0 saturated carbocycles. The van der Waals surface area contributed by atoms with E-state index in [1.165, 1.54) is 27.1 Å². The summed E-state index contributed by atoms with van der Waals surface area (Å²) in [6.45, 7) is 4.57. The molecule has 0 unspecified atom stereocenters. The van der Waals surface area contributed by atoms with Gasteiger partial charge in [-0.1, -0.05) is 79.1 Å². The smallest absolute Gasteiger partial charge is 0.136 e. The van der Waals surface area contributed by atoms with Crippen LogP contribution in [0.15, 0.2) is 89.5 Å². The molecule has 6 rings (SSSR count). The van der Waals surface area contributed by atoms with Crippen LogP contribution in [-0.4, -0.2) is 20.7 Å². The minimum atomic E-state index is 0.119. The van der Waals surface area contributed by atoms with Gasteiger partial charge in [-0.2, -0.15) is 0 Å². The average Bonchev–Trinajstić information content (AvgIpc) is 3.18. The second-order valence-electron chi connectivity index (χ2n) is 9.98. The normalized spacial score (nSPS) is 12.5. The van der Waals surface area contributed by atoms with Gasteiger partial charge in [0.1, 0.15) is 26.9 Å². The van der Waals surface area contributed by atoms with E-state index in [9.17, 15) is 0 Å². The standard InChI is InChI=1S/C29H25B2NO/c1-17(2)29(30,31)22-8-10-23-20(13-22)11-12-32-28(23)21-7-9-24-25-14-18-5-3-4-6-19(18)15-27(25)33-26(24)16-21/h3-17H,30-31H2,1-2H3. The average molecular weight is 425 g/mol. The Kier molecular flexibility index (Phi) is 4.42. The van der Waals surface area contributed by atoms with Crippen LogP contribution < -0.4 is 0 Å². The van der Waals surface area contributed by atoms with Crippen LogP contribution in [0.2, 0.25) is 0 Å². The van der Waals surface area contributed by atoms with Crippen molar-refractivity contribution in [1.82, 2.24) is 4.98 Å². The van der Waals surface area contributed by atoms with E-state index in [0.717, 1.165) is 33.2 Å². The molecule has 0 amide bonds. The van der Waals surface area contributed by atoms with E-state index in [2.05, 4.69) is 108 Å². The number of hydrogen-bond donors (Lipinski definition) is 0. The van der Waals surface area contributed by atoms with Crippen LogP contribution in [0.3, 0.4) is 0 Å². The number of fused-ring (bicyclic) bond motifs is 5. The van der Waals surface area contributed by atoms with Gasteiger partial charge in [0, 0.05) is 27.9 Å². The maximum atomic E-state index is 6.30. The summed E-state index contributed by atoms with van der Waals surface area (Å²) in [5.41, 5.74) is 5.25. The second-order valence-corrected chi connectivity index (χ2v) is 9.98. The first-order chi connectivity index (χ1) is 15.9. The van der Waals surface area contributed by atoms with Crippen LogP contribution in [0.25, 0.3) is 54.7 Å². The van der Waals surface area contributed by atoms with E-state index >= 15 is 0 Å². The summed E-state index contributed by atoms with van der Waals surface area (Å²) in [7, 11) is 4.64. The molecule has 2 nitrogen and oxygen atoms in total. The van der Waals surface area contributed by atoms with Crippen LogP contribution >= 0.6 is 0 Å². The molecule has 0 aliphatic rings. The van der Waals surface area contributed by atoms with E-state index < -0.39 is 0 Å². The van der Waals surface area contributed by atoms with Gasteiger partial charge < -0.3 is 4.42 Å². The molecule has 0 fully saturated rings. The topological polar surface area (TPSA) is 26.0 Å². The Morgan fingerprint density at radius 3 is 2.24 bits per heavy atom. The largest absolute Gasteiger partial charge is 0.456 e. The lowest BCUT2D eigenvalue weighted by Gasteiger charge is -2.30. The third-order valence-electron chi connectivity index (χ3n) is 7.56. The number of aromatic nitrogens is 1. The maximum absolute atomic E-state index is 6.30. The van der Waals surface area contributed by atoms with Gasteiger partial charge in [0.25, 0.3) is 0 Å². The quantitative estimate of drug-likeness (QED) is 0.324. The first kappa shape index (κ1) is 20.1. The van der Waals surface area contributed by atoms with Crippen molar-refractivity contribution in [3.63, 3.8) is 0 Å². The number of benzene rings is 4. The molecule has 0 spiro atoms. The van der Waals surface area contributed by atoms with Crippen LogP contribution in [0.4, 0.5) is 0 Å². The summed E-state index contributed by atoms with van der Waals surface area (Å²) in [4.78, 5) is 4.77. The lowest BCUT2D eigenvalue weighted by Crippen LogP contribution is -2.33. The Hall–Kier alpha value is -3.52. The molecule has 2 heterocycles. The lowest BCUT2D eigenvalue weighted by molar-refractivity contribution is 0.571. The summed E-state index contributed by atoms with van der Waals surface area (Å²) < 4.78 is 6.30. The molecule has 0 saturated heterocycles. The molecule has 4 aromatic carbocycles. The summed E-state index contributed by atoms with van der Waals surface area (Å²) in [6.07, 6.45) is 1.92. The summed E-state index contributed by atoms with van der Waals surface area (Å²) in [5.74, 6) is 0.559. The van der Waals surface area contributed by atoms with Gasteiger partial charge in [-0.05, 0) is 46.5 Å². The number of rotatable bonds is 3. The Balaban J connectivity index is 1.51. The van der Waals surface area contributed by atoms with E-state index in [0.29, 0.717) is 5.92 Å². The zero-order valence-electron chi connectivity index (χ0n) is 19.5. The maximum Gasteiger partial charge on any atom is 0.136 e. The predicted molar refractivity (Wildman–Crippen MR) is 146 cm³/mol. The van der Waals surface area contributed by atoms with Gasteiger partial charge >= 0.3 is 0 Å². The highest BCUT2D eigenvalue weighted by Gasteiger charge is 2.25. The lowest BCUT2D eigenvalue weighted by atomic mass is 9.46. The SMILES string of the molecule is BC(B)(c1ccc2c(-c3ccc4c(c3)oc3cc5ccccc5cc34)nccc2c1)C(C)C. The summed E-state index contributed by atoms with van der Waals surface area (Å²) >= 11 is 0. The van der Waals surface area contributed by atoms with Crippen molar-refractivity contribution in [1.29, 1.82) is 0 Å². The Labute approximate surface area is 195 Å². The van der Waals surface area contributed by atoms with E-state index in [4.69, 9.17) is 9.40 Å². The molecular weight excluding hydrogens is 400 g/mol. The Morgan fingerprint density at radius 2 is 1.45 bits per heavy atom. The van der Waals surface area contributed by atoms with Gasteiger partial charge in [-0.15, -0.1) is 0 Å². The molecule has 0 aliphatic carbocycles. The molecular formula is C29H25B2NO. The van der Waals surface area contributed by atoms with Crippen molar-refractivity contribution in [2.24, 2.45) is 5.92 Å². The highest BCUT2D eigenvalue weighted by molar-refractivity contribution is 6.40. The highest BCUT2D eigenvalue weighted by atomic mass is 16.3. The molecule has 33 heavy (non-hydrogen) atoms. The van der Waals surface area contributed by atoms with Crippen LogP contribution in [0, 0.1) is 5.92 Å². The van der Waals surface area contributed by atoms with Crippen molar-refractivity contribution < 1.29 is 4.42 Å². The zero-order valence-corrected chi connectivity index (χ0v) is 19.5. The summed E-state index contributed by atoms with van der Waals surface area (Å²) in [5, 5.41) is 7.23. The Morgan fingerprint density at radius 1 is 0.727 bits per heavy atom. The third kappa shape index (κ3) is 3.16. The van der Waals surface area contributed by atoms with Crippen molar-refractivity contribution in [3.05, 3.63) is 90.6 Å². The van der Waals surface area contributed by atoms with E-state index in [1.54, 1.807) is 0 Å². The number of furan rings is 1. The molecule has 0 radical (unpaired) electrons. The molecule has 158 valence electrons. The predicted octanol–water partition coefficient (Wildman–Crippen LogP) is 6.03. The van der Waals surface area contributed by atoms with Gasteiger partial charge in [0.05, 0.1) is 5.69 Å². The molecule has 0 aliphatic heterocycles. The van der Waals surface area contributed by atoms with Gasteiger partial charge in [-0.25, -0.2) is 0 Å². The minimum Gasteiger partial charge on any atom is -0.456 e. The second kappa shape index (κ2) is 7.25. The number of hydrogen-bond acceptors (Lipinski definition) is 2. The van der Waals surface area contributed by atoms with Crippen LogP contribution in [0.5, 0.6) is 0 Å². The van der Waals surface area contributed by atoms with Crippen molar-refractivity contribution in [2.45, 2.75) is 19.1 Å². The third-order valence-corrected chi connectivity index (χ3v) is 7.56. The van der Waals surface area contributed by atoms with Gasteiger partial charge in [-0.3, -0.25) is 4.98 Å². The molecule has 2 aromatic heterocycles. The van der Waals surface area contributed by atoms with E-state index in [1.807, 2.05) is 6.20 Å². The van der Waals surface area contributed by atoms with Crippen molar-refractivity contribution in [3.8, 4) is 11.3 Å². The van der Waals surface area contributed by atoms with Crippen molar-refractivity contribution in [2.75, 3.05) is 0 Å². The van der Waals surface area contributed by atoms with Gasteiger partial charge in [0.2, 0.25) is 0 Å². The summed E-state index contributed by atoms with van der Waals surface area (Å²) in [6, 6.07) is 28.2. The molecule has 0 N–H and O–H groups in total. The fraction of sp³-hybridized carbons (Fsp3) is 0.138. The highest BCUT2D eigenvalue weighted by Crippen LogP contribution is 2.36. The molecule has 0 bridgehead atoms.